The van der Waals surface area contributed by atoms with Crippen molar-refractivity contribution in [3.63, 3.8) is 0 Å². The monoisotopic (exact) mass is 234 g/mol. The molecule has 3 saturated carbocycles. The molecule has 1 heteroatoms. The van der Waals surface area contributed by atoms with Crippen molar-refractivity contribution in [2.75, 3.05) is 6.61 Å². The summed E-state index contributed by atoms with van der Waals surface area (Å²) in [4.78, 5) is 0. The second-order valence-corrected chi connectivity index (χ2v) is 7.42. The summed E-state index contributed by atoms with van der Waals surface area (Å²) in [5.41, 5.74) is 2.55. The molecular weight excluding hydrogens is 208 g/mol. The number of hydrogen-bond donors (Lipinski definition) is 1. The lowest BCUT2D eigenvalue weighted by molar-refractivity contribution is 0.141. The van der Waals surface area contributed by atoms with Gasteiger partial charge in [-0.05, 0) is 54.3 Å². The maximum absolute atomic E-state index is 9.31. The van der Waals surface area contributed by atoms with E-state index in [0.717, 1.165) is 17.8 Å². The molecule has 3 aliphatic rings. The molecule has 96 valence electrons. The van der Waals surface area contributed by atoms with Gasteiger partial charge < -0.3 is 5.11 Å². The summed E-state index contributed by atoms with van der Waals surface area (Å²) in [5.74, 6) is 2.56. The molecule has 0 radical (unpaired) electrons. The predicted octanol–water partition coefficient (Wildman–Crippen LogP) is 3.78. The van der Waals surface area contributed by atoms with Crippen molar-refractivity contribution >= 4 is 0 Å². The maximum Gasteiger partial charge on any atom is 0.0615 e. The summed E-state index contributed by atoms with van der Waals surface area (Å²) in [6, 6.07) is 0. The molecule has 17 heavy (non-hydrogen) atoms. The van der Waals surface area contributed by atoms with E-state index >= 15 is 0 Å². The topological polar surface area (TPSA) is 20.2 Å². The summed E-state index contributed by atoms with van der Waals surface area (Å²) in [6.45, 7) is 7.68. The van der Waals surface area contributed by atoms with Gasteiger partial charge >= 0.3 is 0 Å². The Morgan fingerprint density at radius 2 is 2.00 bits per heavy atom. The molecule has 0 aromatic heterocycles. The Bertz CT molecular complexity index is 355. The SMILES string of the molecule is CC1(C)CCC[C@]2(C)/C(=C/CO)[C@H]3CC[C@@H]2[C@@H]31. The van der Waals surface area contributed by atoms with Crippen LogP contribution in [0.5, 0.6) is 0 Å². The van der Waals surface area contributed by atoms with Gasteiger partial charge in [-0.3, -0.25) is 0 Å². The van der Waals surface area contributed by atoms with E-state index in [4.69, 9.17) is 0 Å². The summed E-state index contributed by atoms with van der Waals surface area (Å²) >= 11 is 0. The van der Waals surface area contributed by atoms with E-state index in [1.165, 1.54) is 32.1 Å². The van der Waals surface area contributed by atoms with Gasteiger partial charge in [0.1, 0.15) is 0 Å². The van der Waals surface area contributed by atoms with Crippen molar-refractivity contribution < 1.29 is 5.11 Å². The van der Waals surface area contributed by atoms with E-state index in [-0.39, 0.29) is 6.61 Å². The third-order valence-corrected chi connectivity index (χ3v) is 6.26. The smallest absolute Gasteiger partial charge is 0.0615 e. The van der Waals surface area contributed by atoms with Gasteiger partial charge in [-0.2, -0.15) is 0 Å². The molecule has 1 N–H and O–H groups in total. The van der Waals surface area contributed by atoms with E-state index in [1.807, 2.05) is 0 Å². The summed E-state index contributed by atoms with van der Waals surface area (Å²) in [5, 5.41) is 9.31. The third kappa shape index (κ3) is 1.41. The first-order chi connectivity index (χ1) is 8.00. The molecule has 4 bridgehead atoms. The Morgan fingerprint density at radius 3 is 2.71 bits per heavy atom. The van der Waals surface area contributed by atoms with E-state index in [0.29, 0.717) is 10.8 Å². The lowest BCUT2D eigenvalue weighted by atomic mass is 9.68. The highest BCUT2D eigenvalue weighted by Crippen LogP contribution is 2.70. The maximum atomic E-state index is 9.31. The minimum atomic E-state index is 0.237. The van der Waals surface area contributed by atoms with Crippen LogP contribution in [0.25, 0.3) is 0 Å². The first-order valence-corrected chi connectivity index (χ1v) is 7.32. The van der Waals surface area contributed by atoms with Crippen LogP contribution in [-0.2, 0) is 0 Å². The molecule has 0 aliphatic heterocycles. The molecule has 3 aliphatic carbocycles. The normalized spacial score (nSPS) is 49.6. The molecule has 3 rings (SSSR count). The molecule has 3 fully saturated rings. The van der Waals surface area contributed by atoms with E-state index in [1.54, 1.807) is 5.57 Å². The van der Waals surface area contributed by atoms with Crippen LogP contribution >= 0.6 is 0 Å². The van der Waals surface area contributed by atoms with E-state index < -0.39 is 0 Å². The summed E-state index contributed by atoms with van der Waals surface area (Å²) < 4.78 is 0. The van der Waals surface area contributed by atoms with Crippen LogP contribution in [-0.4, -0.2) is 11.7 Å². The minimum Gasteiger partial charge on any atom is -0.392 e. The number of aliphatic hydroxyl groups excluding tert-OH is 1. The Labute approximate surface area is 105 Å². The average molecular weight is 234 g/mol. The van der Waals surface area contributed by atoms with Gasteiger partial charge in [0, 0.05) is 0 Å². The van der Waals surface area contributed by atoms with Crippen LogP contribution < -0.4 is 0 Å². The molecule has 0 unspecified atom stereocenters. The van der Waals surface area contributed by atoms with Gasteiger partial charge in [-0.25, -0.2) is 0 Å². The quantitative estimate of drug-likeness (QED) is 0.685. The molecule has 4 atom stereocenters. The standard InChI is InChI=1S/C16H26O/c1-15(2)8-4-9-16(3)12(7-10-17)11-5-6-13(16)14(11)15/h7,11,13-14,17H,4-6,8-10H2,1-3H3/b12-7+/t11-,13-,14-,16-/m1/s1. The lowest BCUT2D eigenvalue weighted by Gasteiger charge is -2.36. The molecule has 0 saturated heterocycles. The molecule has 0 amide bonds. The van der Waals surface area contributed by atoms with Crippen LogP contribution in [0.3, 0.4) is 0 Å². The first kappa shape index (κ1) is 11.8. The van der Waals surface area contributed by atoms with Gasteiger partial charge in [-0.15, -0.1) is 0 Å². The minimum absolute atomic E-state index is 0.237. The van der Waals surface area contributed by atoms with Crippen LogP contribution in [0.1, 0.15) is 52.9 Å². The number of hydrogen-bond acceptors (Lipinski definition) is 1. The second-order valence-electron chi connectivity index (χ2n) is 7.42. The van der Waals surface area contributed by atoms with Crippen molar-refractivity contribution in [3.05, 3.63) is 11.6 Å². The van der Waals surface area contributed by atoms with Crippen LogP contribution in [0.15, 0.2) is 11.6 Å². The second kappa shape index (κ2) is 3.60. The molecule has 0 aromatic carbocycles. The largest absolute Gasteiger partial charge is 0.392 e. The average Bonchev–Trinajstić information content (AvgIpc) is 2.74. The van der Waals surface area contributed by atoms with Crippen LogP contribution in [0.2, 0.25) is 0 Å². The zero-order valence-electron chi connectivity index (χ0n) is 11.5. The van der Waals surface area contributed by atoms with Crippen molar-refractivity contribution in [1.82, 2.24) is 0 Å². The third-order valence-electron chi connectivity index (χ3n) is 6.26. The summed E-state index contributed by atoms with van der Waals surface area (Å²) in [6.07, 6.45) is 9.06. The van der Waals surface area contributed by atoms with E-state index in [2.05, 4.69) is 26.8 Å². The van der Waals surface area contributed by atoms with Crippen molar-refractivity contribution in [2.24, 2.45) is 28.6 Å². The fourth-order valence-electron chi connectivity index (χ4n) is 5.68. The highest BCUT2D eigenvalue weighted by atomic mass is 16.2. The van der Waals surface area contributed by atoms with Gasteiger partial charge in [0.15, 0.2) is 0 Å². The number of aliphatic hydroxyl groups is 1. The Morgan fingerprint density at radius 1 is 1.24 bits per heavy atom. The van der Waals surface area contributed by atoms with Gasteiger partial charge in [-0.1, -0.05) is 38.8 Å². The fourth-order valence-corrected chi connectivity index (χ4v) is 5.68. The zero-order valence-corrected chi connectivity index (χ0v) is 11.5. The highest BCUT2D eigenvalue weighted by Gasteiger charge is 2.62. The van der Waals surface area contributed by atoms with E-state index in [9.17, 15) is 5.11 Å². The number of rotatable bonds is 1. The fraction of sp³-hybridized carbons (Fsp3) is 0.875. The van der Waals surface area contributed by atoms with Crippen molar-refractivity contribution in [1.29, 1.82) is 0 Å². The molecule has 0 spiro atoms. The summed E-state index contributed by atoms with van der Waals surface area (Å²) in [7, 11) is 0. The van der Waals surface area contributed by atoms with Crippen molar-refractivity contribution in [3.8, 4) is 0 Å². The van der Waals surface area contributed by atoms with Crippen LogP contribution in [0, 0.1) is 28.6 Å². The van der Waals surface area contributed by atoms with Crippen molar-refractivity contribution in [2.45, 2.75) is 52.9 Å². The molecule has 0 aromatic rings. The highest BCUT2D eigenvalue weighted by molar-refractivity contribution is 5.31. The molecule has 1 nitrogen and oxygen atoms in total. The van der Waals surface area contributed by atoms with Gasteiger partial charge in [0.25, 0.3) is 0 Å². The number of allylic oxidation sites excluding steroid dienone is 1. The Hall–Kier alpha value is -0.300. The van der Waals surface area contributed by atoms with Gasteiger partial charge in [0.05, 0.1) is 6.61 Å². The Kier molecular flexibility index (Phi) is 2.49. The predicted molar refractivity (Wildman–Crippen MR) is 70.6 cm³/mol. The molecule has 0 heterocycles. The van der Waals surface area contributed by atoms with Crippen LogP contribution in [0.4, 0.5) is 0 Å². The first-order valence-electron chi connectivity index (χ1n) is 7.32. The lowest BCUT2D eigenvalue weighted by Crippen LogP contribution is -2.28. The zero-order chi connectivity index (χ0) is 12.3. The molecular formula is C16H26O. The Balaban J connectivity index is 2.08. The van der Waals surface area contributed by atoms with Gasteiger partial charge in [0.2, 0.25) is 0 Å².